The van der Waals surface area contributed by atoms with Gasteiger partial charge in [-0.25, -0.2) is 4.39 Å². The third kappa shape index (κ3) is 4.90. The van der Waals surface area contributed by atoms with E-state index >= 15 is 0 Å². The summed E-state index contributed by atoms with van der Waals surface area (Å²) < 4.78 is 19.4. The van der Waals surface area contributed by atoms with E-state index in [-0.39, 0.29) is 11.7 Å². The van der Waals surface area contributed by atoms with Crippen molar-refractivity contribution in [2.24, 2.45) is 5.92 Å². The Kier molecular flexibility index (Phi) is 6.80. The fraction of sp³-hybridized carbons (Fsp3) is 0.480. The van der Waals surface area contributed by atoms with Crippen molar-refractivity contribution in [3.63, 3.8) is 0 Å². The van der Waals surface area contributed by atoms with Crippen molar-refractivity contribution in [2.75, 3.05) is 39.4 Å². The molecule has 0 spiro atoms. The van der Waals surface area contributed by atoms with Crippen LogP contribution in [-0.2, 0) is 21.4 Å². The summed E-state index contributed by atoms with van der Waals surface area (Å²) in [5, 5.41) is 3.20. The molecule has 1 unspecified atom stereocenters. The summed E-state index contributed by atoms with van der Waals surface area (Å²) in [6.07, 6.45) is 3.35. The molecule has 2 aromatic rings. The van der Waals surface area contributed by atoms with Gasteiger partial charge in [0, 0.05) is 32.8 Å². The van der Waals surface area contributed by atoms with Crippen molar-refractivity contribution < 1.29 is 13.9 Å². The highest BCUT2D eigenvalue weighted by atomic mass is 19.1. The SMILES string of the molecule is O=C(NCC1CCN(CCc2ccccc2)C1)C1(c2cccc(F)c2)CCOCC1. The summed E-state index contributed by atoms with van der Waals surface area (Å²) in [4.78, 5) is 15.8. The van der Waals surface area contributed by atoms with Crippen LogP contribution in [0.2, 0.25) is 0 Å². The first-order valence-corrected chi connectivity index (χ1v) is 11.0. The minimum atomic E-state index is -0.689. The fourth-order valence-corrected chi connectivity index (χ4v) is 4.77. The molecule has 30 heavy (non-hydrogen) atoms. The Bertz CT molecular complexity index is 836. The van der Waals surface area contributed by atoms with Gasteiger partial charge in [-0.05, 0) is 61.4 Å². The van der Waals surface area contributed by atoms with E-state index in [0.717, 1.165) is 38.0 Å². The molecule has 0 radical (unpaired) electrons. The van der Waals surface area contributed by atoms with Gasteiger partial charge in [0.25, 0.3) is 0 Å². The lowest BCUT2D eigenvalue weighted by Crippen LogP contribution is -2.49. The maximum atomic E-state index is 13.9. The molecule has 1 atom stereocenters. The topological polar surface area (TPSA) is 41.6 Å². The van der Waals surface area contributed by atoms with E-state index in [1.165, 1.54) is 17.7 Å². The molecule has 5 heteroatoms. The Morgan fingerprint density at radius 1 is 1.13 bits per heavy atom. The molecule has 4 nitrogen and oxygen atoms in total. The van der Waals surface area contributed by atoms with Crippen molar-refractivity contribution in [2.45, 2.75) is 31.1 Å². The Morgan fingerprint density at radius 2 is 1.93 bits per heavy atom. The van der Waals surface area contributed by atoms with E-state index in [2.05, 4.69) is 34.5 Å². The zero-order valence-electron chi connectivity index (χ0n) is 17.5. The average molecular weight is 411 g/mol. The van der Waals surface area contributed by atoms with Gasteiger partial charge in [0.15, 0.2) is 0 Å². The van der Waals surface area contributed by atoms with Crippen LogP contribution in [0.25, 0.3) is 0 Å². The summed E-state index contributed by atoms with van der Waals surface area (Å²) in [6, 6.07) is 17.1. The number of amides is 1. The first kappa shape index (κ1) is 21.0. The number of hydrogen-bond donors (Lipinski definition) is 1. The van der Waals surface area contributed by atoms with Gasteiger partial charge in [-0.2, -0.15) is 0 Å². The van der Waals surface area contributed by atoms with Gasteiger partial charge in [0.2, 0.25) is 5.91 Å². The summed E-state index contributed by atoms with van der Waals surface area (Å²) >= 11 is 0. The molecule has 2 saturated heterocycles. The van der Waals surface area contributed by atoms with Crippen LogP contribution in [0.4, 0.5) is 4.39 Å². The van der Waals surface area contributed by atoms with E-state index < -0.39 is 5.41 Å². The van der Waals surface area contributed by atoms with Crippen LogP contribution >= 0.6 is 0 Å². The highest BCUT2D eigenvalue weighted by Crippen LogP contribution is 2.35. The Labute approximate surface area is 178 Å². The largest absolute Gasteiger partial charge is 0.381 e. The number of halogens is 1. The molecule has 1 amide bonds. The molecule has 2 fully saturated rings. The number of likely N-dealkylation sites (tertiary alicyclic amines) is 1. The van der Waals surface area contributed by atoms with Gasteiger partial charge in [-0.3, -0.25) is 4.79 Å². The minimum absolute atomic E-state index is 0.0131. The van der Waals surface area contributed by atoms with Crippen molar-refractivity contribution in [3.8, 4) is 0 Å². The summed E-state index contributed by atoms with van der Waals surface area (Å²) in [7, 11) is 0. The fourth-order valence-electron chi connectivity index (χ4n) is 4.77. The Hall–Kier alpha value is -2.24. The molecule has 1 N–H and O–H groups in total. The van der Waals surface area contributed by atoms with Crippen LogP contribution in [0.5, 0.6) is 0 Å². The smallest absolute Gasteiger partial charge is 0.230 e. The maximum Gasteiger partial charge on any atom is 0.230 e. The highest BCUT2D eigenvalue weighted by molar-refractivity contribution is 5.88. The van der Waals surface area contributed by atoms with Gasteiger partial charge in [-0.15, -0.1) is 0 Å². The lowest BCUT2D eigenvalue weighted by atomic mass is 9.73. The normalized spacial score (nSPS) is 21.4. The summed E-state index contributed by atoms with van der Waals surface area (Å²) in [5.41, 5.74) is 1.44. The van der Waals surface area contributed by atoms with E-state index in [9.17, 15) is 9.18 Å². The van der Waals surface area contributed by atoms with Crippen molar-refractivity contribution in [1.29, 1.82) is 0 Å². The molecular weight excluding hydrogens is 379 g/mol. The second-order valence-electron chi connectivity index (χ2n) is 8.61. The summed E-state index contributed by atoms with van der Waals surface area (Å²) in [5.74, 6) is 0.185. The molecule has 2 aliphatic rings. The van der Waals surface area contributed by atoms with Gasteiger partial charge >= 0.3 is 0 Å². The second-order valence-corrected chi connectivity index (χ2v) is 8.61. The molecule has 0 saturated carbocycles. The number of rotatable bonds is 7. The average Bonchev–Trinajstić information content (AvgIpc) is 3.25. The maximum absolute atomic E-state index is 13.9. The first-order chi connectivity index (χ1) is 14.7. The number of nitrogens with one attached hydrogen (secondary N) is 1. The van der Waals surface area contributed by atoms with Crippen LogP contribution in [0.3, 0.4) is 0 Å². The predicted molar refractivity (Wildman–Crippen MR) is 116 cm³/mol. The molecule has 160 valence electrons. The van der Waals surface area contributed by atoms with E-state index in [1.54, 1.807) is 6.07 Å². The lowest BCUT2D eigenvalue weighted by molar-refractivity contribution is -0.130. The highest BCUT2D eigenvalue weighted by Gasteiger charge is 2.42. The first-order valence-electron chi connectivity index (χ1n) is 11.0. The number of hydrogen-bond acceptors (Lipinski definition) is 3. The second kappa shape index (κ2) is 9.71. The summed E-state index contributed by atoms with van der Waals surface area (Å²) in [6.45, 7) is 4.89. The molecular formula is C25H31FN2O2. The third-order valence-corrected chi connectivity index (χ3v) is 6.64. The molecule has 4 rings (SSSR count). The molecule has 0 aromatic heterocycles. The molecule has 0 bridgehead atoms. The van der Waals surface area contributed by atoms with Crippen LogP contribution in [-0.4, -0.2) is 50.2 Å². The third-order valence-electron chi connectivity index (χ3n) is 6.64. The van der Waals surface area contributed by atoms with E-state index in [1.807, 2.05) is 12.1 Å². The van der Waals surface area contributed by atoms with Crippen LogP contribution in [0.15, 0.2) is 54.6 Å². The van der Waals surface area contributed by atoms with Crippen LogP contribution in [0, 0.1) is 11.7 Å². The molecule has 2 heterocycles. The van der Waals surface area contributed by atoms with Gasteiger partial charge in [-0.1, -0.05) is 42.5 Å². The molecule has 2 aromatic carbocycles. The van der Waals surface area contributed by atoms with Crippen molar-refractivity contribution in [1.82, 2.24) is 10.2 Å². The number of nitrogens with zero attached hydrogens (tertiary/aromatic N) is 1. The van der Waals surface area contributed by atoms with Gasteiger partial charge < -0.3 is 15.0 Å². The van der Waals surface area contributed by atoms with Crippen molar-refractivity contribution >= 4 is 5.91 Å². The zero-order chi connectivity index (χ0) is 20.8. The lowest BCUT2D eigenvalue weighted by Gasteiger charge is -2.36. The number of carbonyl (C=O) groups is 1. The standard InChI is InChI=1S/C25H31FN2O2/c26-23-8-4-7-22(17-23)25(11-15-30-16-12-25)24(29)27-18-21-10-14-28(19-21)13-9-20-5-2-1-3-6-20/h1-8,17,21H,9-16,18-19H2,(H,27,29). The Morgan fingerprint density at radius 3 is 2.70 bits per heavy atom. The molecule has 0 aliphatic carbocycles. The number of carbonyl (C=O) groups excluding carboxylic acids is 1. The van der Waals surface area contributed by atoms with Gasteiger partial charge in [0.1, 0.15) is 5.82 Å². The Balaban J connectivity index is 1.32. The van der Waals surface area contributed by atoms with E-state index in [4.69, 9.17) is 4.74 Å². The quantitative estimate of drug-likeness (QED) is 0.759. The minimum Gasteiger partial charge on any atom is -0.381 e. The number of ether oxygens (including phenoxy) is 1. The van der Waals surface area contributed by atoms with E-state index in [0.29, 0.717) is 38.5 Å². The predicted octanol–water partition coefficient (Wildman–Crippen LogP) is 3.55. The van der Waals surface area contributed by atoms with Crippen LogP contribution in [0.1, 0.15) is 30.4 Å². The number of benzene rings is 2. The molecule has 2 aliphatic heterocycles. The monoisotopic (exact) mass is 410 g/mol. The van der Waals surface area contributed by atoms with Crippen molar-refractivity contribution in [3.05, 3.63) is 71.5 Å². The zero-order valence-corrected chi connectivity index (χ0v) is 17.5. The van der Waals surface area contributed by atoms with Gasteiger partial charge in [0.05, 0.1) is 5.41 Å². The van der Waals surface area contributed by atoms with Crippen LogP contribution < -0.4 is 5.32 Å².